The number of rotatable bonds is 5. The molecule has 0 aromatic heterocycles. The lowest BCUT2D eigenvalue weighted by atomic mass is 10.0. The molecule has 1 aromatic carbocycles. The van der Waals surface area contributed by atoms with Crippen molar-refractivity contribution in [3.63, 3.8) is 0 Å². The molecule has 1 saturated heterocycles. The van der Waals surface area contributed by atoms with Gasteiger partial charge in [-0.05, 0) is 31.2 Å². The number of amides is 1. The maximum atomic E-state index is 12.1. The highest BCUT2D eigenvalue weighted by Gasteiger charge is 2.35. The Balaban J connectivity index is 1.90. The fourth-order valence-electron chi connectivity index (χ4n) is 2.01. The van der Waals surface area contributed by atoms with Gasteiger partial charge < -0.3 is 15.2 Å². The van der Waals surface area contributed by atoms with Gasteiger partial charge in [0.05, 0.1) is 24.5 Å². The highest BCUT2D eigenvalue weighted by molar-refractivity contribution is 8.00. The van der Waals surface area contributed by atoms with Crippen LogP contribution in [0.3, 0.4) is 0 Å². The molecule has 1 aliphatic rings. The Bertz CT molecular complexity index is 522. The van der Waals surface area contributed by atoms with Crippen LogP contribution >= 0.6 is 23.4 Å². The predicted molar refractivity (Wildman–Crippen MR) is 80.6 cm³/mol. The Morgan fingerprint density at radius 3 is 2.67 bits per heavy atom. The van der Waals surface area contributed by atoms with Gasteiger partial charge in [0.2, 0.25) is 5.91 Å². The van der Waals surface area contributed by atoms with Crippen LogP contribution in [0.25, 0.3) is 0 Å². The van der Waals surface area contributed by atoms with Crippen LogP contribution in [-0.4, -0.2) is 41.5 Å². The van der Waals surface area contributed by atoms with Crippen molar-refractivity contribution in [2.45, 2.75) is 23.1 Å². The van der Waals surface area contributed by atoms with Crippen LogP contribution in [0, 0.1) is 5.92 Å². The third-order valence-corrected chi connectivity index (χ3v) is 4.59. The second-order valence-electron chi connectivity index (χ2n) is 4.81. The second-order valence-corrected chi connectivity index (χ2v) is 6.66. The Hall–Kier alpha value is -1.24. The van der Waals surface area contributed by atoms with E-state index >= 15 is 0 Å². The summed E-state index contributed by atoms with van der Waals surface area (Å²) in [5, 5.41) is 12.1. The molecule has 2 rings (SSSR count). The van der Waals surface area contributed by atoms with E-state index < -0.39 is 17.9 Å². The molecule has 0 spiro atoms. The Labute approximate surface area is 132 Å². The molecule has 1 fully saturated rings. The van der Waals surface area contributed by atoms with Crippen LogP contribution in [0.4, 0.5) is 0 Å². The fourth-order valence-corrected chi connectivity index (χ4v) is 3.01. The van der Waals surface area contributed by atoms with E-state index in [-0.39, 0.29) is 24.4 Å². The number of carboxylic acid groups (broad SMARTS) is 1. The van der Waals surface area contributed by atoms with Gasteiger partial charge in [-0.2, -0.15) is 0 Å². The minimum absolute atomic E-state index is 0.138. The minimum Gasteiger partial charge on any atom is -0.481 e. The molecule has 1 aliphatic heterocycles. The number of nitrogens with one attached hydrogen (secondary N) is 1. The Morgan fingerprint density at radius 2 is 2.05 bits per heavy atom. The molecule has 1 aromatic rings. The third-order valence-electron chi connectivity index (χ3n) is 3.22. The molecule has 21 heavy (non-hydrogen) atoms. The van der Waals surface area contributed by atoms with Gasteiger partial charge in [0, 0.05) is 9.92 Å². The van der Waals surface area contributed by atoms with Gasteiger partial charge in [0.1, 0.15) is 5.92 Å². The molecule has 5 nitrogen and oxygen atoms in total. The van der Waals surface area contributed by atoms with Gasteiger partial charge in [-0.25, -0.2) is 0 Å². The number of benzene rings is 1. The fraction of sp³-hybridized carbons (Fsp3) is 0.429. The first-order chi connectivity index (χ1) is 9.97. The summed E-state index contributed by atoms with van der Waals surface area (Å²) in [4.78, 5) is 24.1. The van der Waals surface area contributed by atoms with Crippen molar-refractivity contribution in [3.8, 4) is 0 Å². The maximum Gasteiger partial charge on any atom is 0.311 e. The average Bonchev–Trinajstić information content (AvgIpc) is 2.89. The Kier molecular flexibility index (Phi) is 5.50. The minimum atomic E-state index is -0.948. The van der Waals surface area contributed by atoms with Crippen LogP contribution < -0.4 is 5.32 Å². The number of thioether (sulfide) groups is 1. The lowest BCUT2D eigenvalue weighted by Crippen LogP contribution is -2.45. The highest BCUT2D eigenvalue weighted by atomic mass is 35.5. The monoisotopic (exact) mass is 329 g/mol. The molecule has 2 N–H and O–H groups in total. The van der Waals surface area contributed by atoms with E-state index in [1.165, 1.54) is 11.8 Å². The van der Waals surface area contributed by atoms with Gasteiger partial charge in [-0.15, -0.1) is 11.8 Å². The second kappa shape index (κ2) is 7.15. The summed E-state index contributed by atoms with van der Waals surface area (Å²) in [7, 11) is 0. The molecular formula is C14H16ClNO4S. The van der Waals surface area contributed by atoms with E-state index in [0.717, 1.165) is 4.90 Å². The normalized spacial score (nSPS) is 22.8. The summed E-state index contributed by atoms with van der Waals surface area (Å²) in [5.41, 5.74) is 0. The summed E-state index contributed by atoms with van der Waals surface area (Å²) in [5.74, 6) is -1.82. The topological polar surface area (TPSA) is 75.6 Å². The zero-order valence-corrected chi connectivity index (χ0v) is 13.0. The number of carbonyl (C=O) groups excluding carboxylic acids is 1. The largest absolute Gasteiger partial charge is 0.481 e. The SMILES string of the molecule is CC(Sc1ccc(Cl)cc1)C(=O)NC1COCC1C(=O)O. The van der Waals surface area contributed by atoms with Crippen LogP contribution in [0.2, 0.25) is 5.02 Å². The van der Waals surface area contributed by atoms with Crippen molar-refractivity contribution in [2.75, 3.05) is 13.2 Å². The number of ether oxygens (including phenoxy) is 1. The van der Waals surface area contributed by atoms with Gasteiger partial charge in [-0.1, -0.05) is 11.6 Å². The highest BCUT2D eigenvalue weighted by Crippen LogP contribution is 2.25. The molecule has 0 radical (unpaired) electrons. The van der Waals surface area contributed by atoms with E-state index in [0.29, 0.717) is 5.02 Å². The van der Waals surface area contributed by atoms with Gasteiger partial charge in [0.15, 0.2) is 0 Å². The number of aliphatic carboxylic acids is 1. The van der Waals surface area contributed by atoms with Crippen LogP contribution in [0.1, 0.15) is 6.92 Å². The van der Waals surface area contributed by atoms with Crippen LogP contribution in [0.5, 0.6) is 0 Å². The maximum absolute atomic E-state index is 12.1. The average molecular weight is 330 g/mol. The van der Waals surface area contributed by atoms with Crippen molar-refractivity contribution in [3.05, 3.63) is 29.3 Å². The van der Waals surface area contributed by atoms with Crippen molar-refractivity contribution in [1.82, 2.24) is 5.32 Å². The van der Waals surface area contributed by atoms with Gasteiger partial charge in [0.25, 0.3) is 0 Å². The first-order valence-corrected chi connectivity index (χ1v) is 7.76. The van der Waals surface area contributed by atoms with Crippen molar-refractivity contribution >= 4 is 35.2 Å². The number of halogens is 1. The summed E-state index contributed by atoms with van der Waals surface area (Å²) in [6.45, 7) is 2.15. The number of hydrogen-bond donors (Lipinski definition) is 2. The zero-order valence-electron chi connectivity index (χ0n) is 11.4. The number of hydrogen-bond acceptors (Lipinski definition) is 4. The van der Waals surface area contributed by atoms with Crippen LogP contribution in [0.15, 0.2) is 29.2 Å². The predicted octanol–water partition coefficient (Wildman–Crippen LogP) is 2.04. The molecule has 1 amide bonds. The molecule has 0 saturated carbocycles. The number of carbonyl (C=O) groups is 2. The van der Waals surface area contributed by atoms with Crippen molar-refractivity contribution in [2.24, 2.45) is 5.92 Å². The molecule has 114 valence electrons. The quantitative estimate of drug-likeness (QED) is 0.808. The molecular weight excluding hydrogens is 314 g/mol. The summed E-state index contributed by atoms with van der Waals surface area (Å²) < 4.78 is 5.13. The third kappa shape index (κ3) is 4.36. The smallest absolute Gasteiger partial charge is 0.311 e. The standard InChI is InChI=1S/C14H16ClNO4S/c1-8(21-10-4-2-9(15)3-5-10)13(17)16-12-7-20-6-11(12)14(18)19/h2-5,8,11-12H,6-7H2,1H3,(H,16,17)(H,18,19). The van der Waals surface area contributed by atoms with Gasteiger partial charge >= 0.3 is 5.97 Å². The number of carboxylic acids is 1. The van der Waals surface area contributed by atoms with Crippen LogP contribution in [-0.2, 0) is 14.3 Å². The van der Waals surface area contributed by atoms with E-state index in [4.69, 9.17) is 21.4 Å². The molecule has 0 bridgehead atoms. The molecule has 7 heteroatoms. The first-order valence-electron chi connectivity index (χ1n) is 6.50. The first kappa shape index (κ1) is 16.1. The summed E-state index contributed by atoms with van der Waals surface area (Å²) >= 11 is 7.21. The zero-order chi connectivity index (χ0) is 15.4. The summed E-state index contributed by atoms with van der Waals surface area (Å²) in [6.07, 6.45) is 0. The molecule has 3 atom stereocenters. The van der Waals surface area contributed by atoms with E-state index in [1.54, 1.807) is 19.1 Å². The Morgan fingerprint density at radius 1 is 1.38 bits per heavy atom. The molecule has 0 aliphatic carbocycles. The lowest BCUT2D eigenvalue weighted by molar-refractivity contribution is -0.142. The molecule has 3 unspecified atom stereocenters. The molecule has 1 heterocycles. The summed E-state index contributed by atoms with van der Waals surface area (Å²) in [6, 6.07) is 6.74. The van der Waals surface area contributed by atoms with E-state index in [9.17, 15) is 9.59 Å². The van der Waals surface area contributed by atoms with Crippen molar-refractivity contribution < 1.29 is 19.4 Å². The van der Waals surface area contributed by atoms with Crippen molar-refractivity contribution in [1.29, 1.82) is 0 Å². The van der Waals surface area contributed by atoms with Gasteiger partial charge in [-0.3, -0.25) is 9.59 Å². The lowest BCUT2D eigenvalue weighted by Gasteiger charge is -2.18. The van der Waals surface area contributed by atoms with E-state index in [2.05, 4.69) is 5.32 Å². The van der Waals surface area contributed by atoms with E-state index in [1.807, 2.05) is 12.1 Å².